The number of benzene rings is 1. The van der Waals surface area contributed by atoms with Crippen molar-refractivity contribution in [3.8, 4) is 0 Å². The quantitative estimate of drug-likeness (QED) is 0.793. The molecular formula is C15H19NO. The summed E-state index contributed by atoms with van der Waals surface area (Å²) in [5.41, 5.74) is 1.86. The van der Waals surface area contributed by atoms with Crippen molar-refractivity contribution in [2.45, 2.75) is 38.6 Å². The minimum absolute atomic E-state index is 0.0701. The van der Waals surface area contributed by atoms with Crippen LogP contribution in [0, 0.1) is 0 Å². The van der Waals surface area contributed by atoms with Gasteiger partial charge in [-0.3, -0.25) is 4.79 Å². The zero-order valence-electron chi connectivity index (χ0n) is 10.3. The lowest BCUT2D eigenvalue weighted by molar-refractivity contribution is -0.118. The van der Waals surface area contributed by atoms with Gasteiger partial charge in [0, 0.05) is 11.6 Å². The summed E-state index contributed by atoms with van der Waals surface area (Å²) in [5, 5.41) is 3.09. The van der Waals surface area contributed by atoms with E-state index in [0.717, 1.165) is 24.0 Å². The van der Waals surface area contributed by atoms with Gasteiger partial charge in [0.1, 0.15) is 0 Å². The highest BCUT2D eigenvalue weighted by molar-refractivity contribution is 5.97. The van der Waals surface area contributed by atoms with Crippen LogP contribution in [0.2, 0.25) is 0 Å². The number of amides is 1. The molecule has 2 heteroatoms. The lowest BCUT2D eigenvalue weighted by atomic mass is 10.1. The van der Waals surface area contributed by atoms with Crippen LogP contribution in [0.4, 0.5) is 0 Å². The summed E-state index contributed by atoms with van der Waals surface area (Å²) in [7, 11) is 0. The van der Waals surface area contributed by atoms with Gasteiger partial charge in [-0.15, -0.1) is 0 Å². The van der Waals surface area contributed by atoms with E-state index in [4.69, 9.17) is 0 Å². The second-order valence-electron chi connectivity index (χ2n) is 4.69. The van der Waals surface area contributed by atoms with E-state index in [2.05, 4.69) is 5.32 Å². The number of nitrogens with one attached hydrogen (secondary N) is 1. The molecule has 1 aliphatic carbocycles. The van der Waals surface area contributed by atoms with E-state index in [1.165, 1.54) is 12.8 Å². The Labute approximate surface area is 103 Å². The predicted molar refractivity (Wildman–Crippen MR) is 70.5 cm³/mol. The summed E-state index contributed by atoms with van der Waals surface area (Å²) in [6.45, 7) is 1.87. The average molecular weight is 229 g/mol. The van der Waals surface area contributed by atoms with Crippen molar-refractivity contribution in [1.29, 1.82) is 0 Å². The van der Waals surface area contributed by atoms with Crippen molar-refractivity contribution in [3.63, 3.8) is 0 Å². The van der Waals surface area contributed by atoms with Gasteiger partial charge in [-0.05, 0) is 31.4 Å². The minimum Gasteiger partial charge on any atom is -0.350 e. The van der Waals surface area contributed by atoms with E-state index >= 15 is 0 Å². The highest BCUT2D eigenvalue weighted by Crippen LogP contribution is 2.18. The molecule has 90 valence electrons. The molecule has 0 aliphatic heterocycles. The molecule has 1 saturated carbocycles. The van der Waals surface area contributed by atoms with E-state index in [0.29, 0.717) is 6.04 Å². The maximum atomic E-state index is 11.9. The Balaban J connectivity index is 1.96. The third-order valence-corrected chi connectivity index (χ3v) is 3.23. The maximum Gasteiger partial charge on any atom is 0.247 e. The summed E-state index contributed by atoms with van der Waals surface area (Å²) in [5.74, 6) is 0.0701. The van der Waals surface area contributed by atoms with Gasteiger partial charge >= 0.3 is 0 Å². The Kier molecular flexibility index (Phi) is 3.97. The number of carbonyl (C=O) groups excluding carboxylic acids is 1. The lowest BCUT2D eigenvalue weighted by Crippen LogP contribution is -2.33. The minimum atomic E-state index is 0.0701. The molecule has 1 aromatic carbocycles. The molecule has 0 atom stereocenters. The van der Waals surface area contributed by atoms with Crippen LogP contribution in [0.3, 0.4) is 0 Å². The molecule has 0 spiro atoms. The van der Waals surface area contributed by atoms with Crippen molar-refractivity contribution in [2.75, 3.05) is 0 Å². The highest BCUT2D eigenvalue weighted by atomic mass is 16.1. The van der Waals surface area contributed by atoms with Crippen LogP contribution in [0.15, 0.2) is 35.9 Å². The first-order valence-electron chi connectivity index (χ1n) is 6.30. The van der Waals surface area contributed by atoms with Crippen molar-refractivity contribution >= 4 is 12.0 Å². The first kappa shape index (κ1) is 11.9. The number of rotatable bonds is 3. The van der Waals surface area contributed by atoms with Gasteiger partial charge in [-0.25, -0.2) is 0 Å². The van der Waals surface area contributed by atoms with Gasteiger partial charge in [0.15, 0.2) is 0 Å². The van der Waals surface area contributed by atoms with Crippen molar-refractivity contribution in [3.05, 3.63) is 41.5 Å². The van der Waals surface area contributed by atoms with Crippen LogP contribution in [0.25, 0.3) is 6.08 Å². The summed E-state index contributed by atoms with van der Waals surface area (Å²) < 4.78 is 0. The molecule has 0 unspecified atom stereocenters. The number of carbonyl (C=O) groups is 1. The third kappa shape index (κ3) is 3.45. The van der Waals surface area contributed by atoms with Gasteiger partial charge in [0.2, 0.25) is 5.91 Å². The molecule has 1 amide bonds. The molecule has 17 heavy (non-hydrogen) atoms. The molecule has 2 nitrogen and oxygen atoms in total. The van der Waals surface area contributed by atoms with Crippen LogP contribution in [0.5, 0.6) is 0 Å². The Morgan fingerprint density at radius 2 is 1.88 bits per heavy atom. The van der Waals surface area contributed by atoms with Crippen LogP contribution in [-0.4, -0.2) is 11.9 Å². The van der Waals surface area contributed by atoms with E-state index in [-0.39, 0.29) is 5.91 Å². The zero-order valence-corrected chi connectivity index (χ0v) is 10.3. The van der Waals surface area contributed by atoms with E-state index in [1.807, 2.05) is 43.3 Å². The SMILES string of the molecule is C/C(=C\c1ccccc1)C(=O)NC1CCCC1. The largest absolute Gasteiger partial charge is 0.350 e. The standard InChI is InChI=1S/C15H19NO/c1-12(11-13-7-3-2-4-8-13)15(17)16-14-9-5-6-10-14/h2-4,7-8,11,14H,5-6,9-10H2,1H3,(H,16,17)/b12-11+. The Morgan fingerprint density at radius 1 is 1.24 bits per heavy atom. The summed E-state index contributed by atoms with van der Waals surface area (Å²) >= 11 is 0. The van der Waals surface area contributed by atoms with Crippen LogP contribution in [-0.2, 0) is 4.79 Å². The first-order chi connectivity index (χ1) is 8.25. The molecule has 2 rings (SSSR count). The Hall–Kier alpha value is -1.57. The van der Waals surface area contributed by atoms with Gasteiger partial charge in [0.05, 0.1) is 0 Å². The Bertz CT molecular complexity index is 402. The normalized spacial score (nSPS) is 17.1. The molecule has 0 aromatic heterocycles. The molecule has 1 fully saturated rings. The fourth-order valence-corrected chi connectivity index (χ4v) is 2.23. The number of hydrogen-bond acceptors (Lipinski definition) is 1. The average Bonchev–Trinajstić information content (AvgIpc) is 2.83. The fraction of sp³-hybridized carbons (Fsp3) is 0.400. The topological polar surface area (TPSA) is 29.1 Å². The van der Waals surface area contributed by atoms with Crippen molar-refractivity contribution in [1.82, 2.24) is 5.32 Å². The van der Waals surface area contributed by atoms with E-state index in [1.54, 1.807) is 0 Å². The van der Waals surface area contributed by atoms with Crippen molar-refractivity contribution in [2.24, 2.45) is 0 Å². The highest BCUT2D eigenvalue weighted by Gasteiger charge is 2.17. The summed E-state index contributed by atoms with van der Waals surface area (Å²) in [6, 6.07) is 10.3. The zero-order chi connectivity index (χ0) is 12.1. The monoisotopic (exact) mass is 229 g/mol. The molecule has 1 aliphatic rings. The van der Waals surface area contributed by atoms with Gasteiger partial charge < -0.3 is 5.32 Å². The smallest absolute Gasteiger partial charge is 0.247 e. The fourth-order valence-electron chi connectivity index (χ4n) is 2.23. The molecule has 1 N–H and O–H groups in total. The summed E-state index contributed by atoms with van der Waals surface area (Å²) in [4.78, 5) is 11.9. The molecule has 0 radical (unpaired) electrons. The first-order valence-corrected chi connectivity index (χ1v) is 6.30. The lowest BCUT2D eigenvalue weighted by Gasteiger charge is -2.11. The molecule has 1 aromatic rings. The second-order valence-corrected chi connectivity index (χ2v) is 4.69. The van der Waals surface area contributed by atoms with E-state index in [9.17, 15) is 4.79 Å². The van der Waals surface area contributed by atoms with E-state index < -0.39 is 0 Å². The van der Waals surface area contributed by atoms with Crippen LogP contribution < -0.4 is 5.32 Å². The van der Waals surface area contributed by atoms with Crippen LogP contribution >= 0.6 is 0 Å². The Morgan fingerprint density at radius 3 is 2.53 bits per heavy atom. The van der Waals surface area contributed by atoms with Crippen LogP contribution in [0.1, 0.15) is 38.2 Å². The molecule has 0 saturated heterocycles. The molecular weight excluding hydrogens is 210 g/mol. The molecule has 0 bridgehead atoms. The van der Waals surface area contributed by atoms with Crippen molar-refractivity contribution < 1.29 is 4.79 Å². The molecule has 0 heterocycles. The summed E-state index contributed by atoms with van der Waals surface area (Å²) in [6.07, 6.45) is 6.68. The third-order valence-electron chi connectivity index (χ3n) is 3.23. The van der Waals surface area contributed by atoms with Gasteiger partial charge in [-0.1, -0.05) is 43.2 Å². The predicted octanol–water partition coefficient (Wildman–Crippen LogP) is 3.15. The van der Waals surface area contributed by atoms with Gasteiger partial charge in [-0.2, -0.15) is 0 Å². The van der Waals surface area contributed by atoms with Gasteiger partial charge in [0.25, 0.3) is 0 Å². The number of hydrogen-bond donors (Lipinski definition) is 1. The maximum absolute atomic E-state index is 11.9. The second kappa shape index (κ2) is 5.67.